The summed E-state index contributed by atoms with van der Waals surface area (Å²) in [4.78, 5) is 13.5. The molecule has 96 valence electrons. The monoisotopic (exact) mass is 239 g/mol. The summed E-state index contributed by atoms with van der Waals surface area (Å²) in [6.07, 6.45) is 3.74. The van der Waals surface area contributed by atoms with Crippen LogP contribution in [0.5, 0.6) is 0 Å². The van der Waals surface area contributed by atoms with E-state index in [2.05, 4.69) is 0 Å². The minimum absolute atomic E-state index is 0.188. The second kappa shape index (κ2) is 3.93. The van der Waals surface area contributed by atoms with Crippen molar-refractivity contribution in [2.24, 2.45) is 5.41 Å². The van der Waals surface area contributed by atoms with Gasteiger partial charge in [-0.15, -0.1) is 0 Å². The first-order valence-corrected chi connectivity index (χ1v) is 6.02. The standard InChI is InChI=1S/C13H21NO3/c1-12(2,3)17-11(15)14-8-13(9-14)5-10(6-13)7-16-4/h7H,5-6,8-9H2,1-4H3. The van der Waals surface area contributed by atoms with Crippen LogP contribution in [0.1, 0.15) is 33.6 Å². The molecule has 1 saturated heterocycles. The lowest BCUT2D eigenvalue weighted by Gasteiger charge is -2.56. The highest BCUT2D eigenvalue weighted by Gasteiger charge is 2.52. The van der Waals surface area contributed by atoms with Gasteiger partial charge in [-0.1, -0.05) is 0 Å². The molecule has 0 unspecified atom stereocenters. The first-order chi connectivity index (χ1) is 7.84. The molecule has 0 aromatic carbocycles. The van der Waals surface area contributed by atoms with E-state index in [1.54, 1.807) is 12.0 Å². The summed E-state index contributed by atoms with van der Waals surface area (Å²) in [6.45, 7) is 7.32. The number of likely N-dealkylation sites (tertiary alicyclic amines) is 1. The van der Waals surface area contributed by atoms with Gasteiger partial charge in [0.25, 0.3) is 0 Å². The Morgan fingerprint density at radius 3 is 2.41 bits per heavy atom. The number of amides is 1. The van der Waals surface area contributed by atoms with Crippen molar-refractivity contribution >= 4 is 6.09 Å². The molecule has 2 rings (SSSR count). The van der Waals surface area contributed by atoms with Gasteiger partial charge in [0, 0.05) is 18.5 Å². The molecule has 1 heterocycles. The number of nitrogens with zero attached hydrogens (tertiary/aromatic N) is 1. The van der Waals surface area contributed by atoms with Crippen molar-refractivity contribution in [2.75, 3.05) is 20.2 Å². The van der Waals surface area contributed by atoms with E-state index in [4.69, 9.17) is 9.47 Å². The van der Waals surface area contributed by atoms with E-state index in [1.807, 2.05) is 27.0 Å². The van der Waals surface area contributed by atoms with Gasteiger partial charge in [0.2, 0.25) is 0 Å². The van der Waals surface area contributed by atoms with E-state index in [-0.39, 0.29) is 6.09 Å². The summed E-state index contributed by atoms with van der Waals surface area (Å²) in [7, 11) is 1.67. The van der Waals surface area contributed by atoms with Crippen LogP contribution in [0.2, 0.25) is 0 Å². The minimum atomic E-state index is -0.402. The van der Waals surface area contributed by atoms with Crippen molar-refractivity contribution in [3.8, 4) is 0 Å². The van der Waals surface area contributed by atoms with Crippen molar-refractivity contribution in [3.63, 3.8) is 0 Å². The topological polar surface area (TPSA) is 38.8 Å². The maximum Gasteiger partial charge on any atom is 0.410 e. The van der Waals surface area contributed by atoms with Crippen LogP contribution in [0.25, 0.3) is 0 Å². The third-order valence-electron chi connectivity index (χ3n) is 3.19. The lowest BCUT2D eigenvalue weighted by Crippen LogP contribution is -2.62. The largest absolute Gasteiger partial charge is 0.504 e. The van der Waals surface area contributed by atoms with Gasteiger partial charge in [0.15, 0.2) is 0 Å². The van der Waals surface area contributed by atoms with Gasteiger partial charge in [-0.2, -0.15) is 0 Å². The normalized spacial score (nSPS) is 21.6. The molecule has 0 aromatic heterocycles. The first kappa shape index (κ1) is 12.3. The van der Waals surface area contributed by atoms with Crippen molar-refractivity contribution in [1.29, 1.82) is 0 Å². The highest BCUT2D eigenvalue weighted by molar-refractivity contribution is 5.69. The Bertz CT molecular complexity index is 338. The lowest BCUT2D eigenvalue weighted by molar-refractivity contribution is -0.0511. The van der Waals surface area contributed by atoms with Crippen LogP contribution < -0.4 is 0 Å². The quantitative estimate of drug-likeness (QED) is 0.660. The van der Waals surface area contributed by atoms with Crippen LogP contribution in [0, 0.1) is 5.41 Å². The summed E-state index contributed by atoms with van der Waals surface area (Å²) in [5.74, 6) is 0. The fourth-order valence-corrected chi connectivity index (χ4v) is 2.60. The van der Waals surface area contributed by atoms with Crippen molar-refractivity contribution in [2.45, 2.75) is 39.2 Å². The highest BCUT2D eigenvalue weighted by Crippen LogP contribution is 2.51. The molecule has 4 heteroatoms. The van der Waals surface area contributed by atoms with E-state index in [0.717, 1.165) is 25.9 Å². The third kappa shape index (κ3) is 2.56. The van der Waals surface area contributed by atoms with Gasteiger partial charge in [0.05, 0.1) is 13.4 Å². The van der Waals surface area contributed by atoms with E-state index < -0.39 is 5.60 Å². The van der Waals surface area contributed by atoms with Gasteiger partial charge < -0.3 is 14.4 Å². The first-order valence-electron chi connectivity index (χ1n) is 6.02. The summed E-state index contributed by atoms with van der Waals surface area (Å²) < 4.78 is 10.3. The predicted molar refractivity (Wildman–Crippen MR) is 64.6 cm³/mol. The fraction of sp³-hybridized carbons (Fsp3) is 0.769. The Morgan fingerprint density at radius 2 is 1.94 bits per heavy atom. The molecule has 1 amide bonds. The zero-order chi connectivity index (χ0) is 12.7. The van der Waals surface area contributed by atoms with Gasteiger partial charge in [0.1, 0.15) is 5.60 Å². The molecular formula is C13H21NO3. The number of carbonyl (C=O) groups excluding carboxylic acids is 1. The van der Waals surface area contributed by atoms with E-state index in [1.165, 1.54) is 5.57 Å². The Hall–Kier alpha value is -1.19. The maximum absolute atomic E-state index is 11.7. The highest BCUT2D eigenvalue weighted by atomic mass is 16.6. The maximum atomic E-state index is 11.7. The lowest BCUT2D eigenvalue weighted by atomic mass is 9.61. The van der Waals surface area contributed by atoms with Gasteiger partial charge in [-0.3, -0.25) is 0 Å². The molecule has 0 aromatic rings. The summed E-state index contributed by atoms with van der Waals surface area (Å²) >= 11 is 0. The molecule has 1 saturated carbocycles. The molecule has 1 aliphatic heterocycles. The zero-order valence-electron chi connectivity index (χ0n) is 11.1. The van der Waals surface area contributed by atoms with Crippen LogP contribution in [0.3, 0.4) is 0 Å². The molecule has 0 N–H and O–H groups in total. The minimum Gasteiger partial charge on any atom is -0.504 e. The third-order valence-corrected chi connectivity index (χ3v) is 3.19. The van der Waals surface area contributed by atoms with E-state index >= 15 is 0 Å². The van der Waals surface area contributed by atoms with Crippen LogP contribution in [0.15, 0.2) is 11.8 Å². The van der Waals surface area contributed by atoms with Crippen molar-refractivity contribution in [3.05, 3.63) is 11.8 Å². The second-order valence-electron chi connectivity index (χ2n) is 6.20. The average molecular weight is 239 g/mol. The molecule has 0 radical (unpaired) electrons. The smallest absolute Gasteiger partial charge is 0.410 e. The van der Waals surface area contributed by atoms with Crippen molar-refractivity contribution in [1.82, 2.24) is 4.90 Å². The molecule has 0 bridgehead atoms. The molecule has 1 spiro atoms. The van der Waals surface area contributed by atoms with E-state index in [0.29, 0.717) is 5.41 Å². The van der Waals surface area contributed by atoms with Gasteiger partial charge in [-0.05, 0) is 39.2 Å². The van der Waals surface area contributed by atoms with Crippen LogP contribution in [-0.4, -0.2) is 36.8 Å². The number of hydrogen-bond acceptors (Lipinski definition) is 3. The Labute approximate surface area is 103 Å². The summed E-state index contributed by atoms with van der Waals surface area (Å²) in [5.41, 5.74) is 1.26. The SMILES string of the molecule is COC=C1CC2(C1)CN(C(=O)OC(C)(C)C)C2. The molecule has 1 aliphatic carbocycles. The average Bonchev–Trinajstić information content (AvgIpc) is 2.03. The number of allylic oxidation sites excluding steroid dienone is 1. The number of rotatable bonds is 1. The molecule has 17 heavy (non-hydrogen) atoms. The molecule has 2 fully saturated rings. The van der Waals surface area contributed by atoms with Crippen molar-refractivity contribution < 1.29 is 14.3 Å². The molecule has 2 aliphatic rings. The Balaban J connectivity index is 1.77. The van der Waals surface area contributed by atoms with Gasteiger partial charge >= 0.3 is 6.09 Å². The van der Waals surface area contributed by atoms with Gasteiger partial charge in [-0.25, -0.2) is 4.79 Å². The Kier molecular flexibility index (Phi) is 2.84. The van der Waals surface area contributed by atoms with Crippen LogP contribution in [-0.2, 0) is 9.47 Å². The van der Waals surface area contributed by atoms with Crippen LogP contribution in [0.4, 0.5) is 4.79 Å². The summed E-state index contributed by atoms with van der Waals surface area (Å²) in [5, 5.41) is 0. The predicted octanol–water partition coefficient (Wildman–Crippen LogP) is 2.55. The Morgan fingerprint density at radius 1 is 1.35 bits per heavy atom. The summed E-state index contributed by atoms with van der Waals surface area (Å²) in [6, 6.07) is 0. The number of carbonyl (C=O) groups is 1. The molecule has 0 atom stereocenters. The van der Waals surface area contributed by atoms with Crippen LogP contribution >= 0.6 is 0 Å². The number of hydrogen-bond donors (Lipinski definition) is 0. The fourth-order valence-electron chi connectivity index (χ4n) is 2.60. The molecular weight excluding hydrogens is 218 g/mol. The zero-order valence-corrected chi connectivity index (χ0v) is 11.1. The number of ether oxygens (including phenoxy) is 2. The van der Waals surface area contributed by atoms with E-state index in [9.17, 15) is 4.79 Å². The molecule has 4 nitrogen and oxygen atoms in total. The second-order valence-corrected chi connectivity index (χ2v) is 6.20. The number of methoxy groups -OCH3 is 1.